The molecule has 0 fully saturated rings. The second-order valence-corrected chi connectivity index (χ2v) is 4.00. The van der Waals surface area contributed by atoms with Gasteiger partial charge in [-0.05, 0) is 25.3 Å². The minimum Gasteiger partial charge on any atom is -0.466 e. The molecule has 1 rings (SSSR count). The Kier molecular flexibility index (Phi) is 5.69. The van der Waals surface area contributed by atoms with Crippen LogP contribution in [0.25, 0.3) is 0 Å². The Hall–Kier alpha value is -1.36. The summed E-state index contributed by atoms with van der Waals surface area (Å²) >= 11 is 0. The van der Waals surface area contributed by atoms with E-state index in [2.05, 4.69) is 12.0 Å². The van der Waals surface area contributed by atoms with Gasteiger partial charge in [-0.15, -0.1) is 0 Å². The van der Waals surface area contributed by atoms with Crippen LogP contribution in [-0.2, 0) is 22.5 Å². The van der Waals surface area contributed by atoms with Gasteiger partial charge in [-0.1, -0.05) is 6.92 Å². The molecule has 0 radical (unpaired) electrons. The van der Waals surface area contributed by atoms with Crippen molar-refractivity contribution in [1.82, 2.24) is 9.78 Å². The van der Waals surface area contributed by atoms with Gasteiger partial charge in [0.2, 0.25) is 0 Å². The van der Waals surface area contributed by atoms with E-state index in [0.717, 1.165) is 18.5 Å². The Labute approximate surface area is 102 Å². The molecule has 5 heteroatoms. The lowest BCUT2D eigenvalue weighted by atomic mass is 10.0. The number of hydrogen-bond acceptors (Lipinski definition) is 4. The smallest absolute Gasteiger partial charge is 0.310 e. The Balaban J connectivity index is 2.57. The predicted molar refractivity (Wildman–Crippen MR) is 65.4 cm³/mol. The Morgan fingerprint density at radius 3 is 2.94 bits per heavy atom. The SMILES string of the molecule is CCCn1cc(CC(CN)C(=O)OCC)cn1. The van der Waals surface area contributed by atoms with E-state index in [0.29, 0.717) is 19.6 Å². The number of aromatic nitrogens is 2. The Morgan fingerprint density at radius 1 is 1.59 bits per heavy atom. The van der Waals surface area contributed by atoms with Crippen LogP contribution >= 0.6 is 0 Å². The van der Waals surface area contributed by atoms with Gasteiger partial charge in [0.25, 0.3) is 0 Å². The summed E-state index contributed by atoms with van der Waals surface area (Å²) in [6, 6.07) is 0. The molecular formula is C12H21N3O2. The zero-order chi connectivity index (χ0) is 12.7. The van der Waals surface area contributed by atoms with Crippen LogP contribution in [0.4, 0.5) is 0 Å². The summed E-state index contributed by atoms with van der Waals surface area (Å²) in [5, 5.41) is 4.22. The molecule has 1 atom stereocenters. The van der Waals surface area contributed by atoms with E-state index in [-0.39, 0.29) is 11.9 Å². The molecule has 0 aliphatic carbocycles. The Bertz CT molecular complexity index is 349. The number of nitrogens with two attached hydrogens (primary N) is 1. The normalized spacial score (nSPS) is 12.4. The van der Waals surface area contributed by atoms with E-state index in [1.165, 1.54) is 0 Å². The quantitative estimate of drug-likeness (QED) is 0.720. The van der Waals surface area contributed by atoms with Gasteiger partial charge in [0.1, 0.15) is 0 Å². The molecular weight excluding hydrogens is 218 g/mol. The van der Waals surface area contributed by atoms with Crippen molar-refractivity contribution >= 4 is 5.97 Å². The van der Waals surface area contributed by atoms with Gasteiger partial charge in [0.15, 0.2) is 0 Å². The molecule has 0 saturated heterocycles. The molecule has 0 spiro atoms. The van der Waals surface area contributed by atoms with Crippen LogP contribution in [0.3, 0.4) is 0 Å². The van der Waals surface area contributed by atoms with Gasteiger partial charge in [-0.2, -0.15) is 5.10 Å². The predicted octanol–water partition coefficient (Wildman–Crippen LogP) is 0.974. The molecule has 0 saturated carbocycles. The highest BCUT2D eigenvalue weighted by atomic mass is 16.5. The zero-order valence-electron chi connectivity index (χ0n) is 10.6. The van der Waals surface area contributed by atoms with Crippen LogP contribution in [0.5, 0.6) is 0 Å². The van der Waals surface area contributed by atoms with Crippen LogP contribution < -0.4 is 5.73 Å². The van der Waals surface area contributed by atoms with Gasteiger partial charge >= 0.3 is 5.97 Å². The zero-order valence-corrected chi connectivity index (χ0v) is 10.6. The average Bonchev–Trinajstić information content (AvgIpc) is 2.74. The molecule has 0 amide bonds. The van der Waals surface area contributed by atoms with Crippen LogP contribution in [0.1, 0.15) is 25.8 Å². The van der Waals surface area contributed by atoms with Gasteiger partial charge in [0.05, 0.1) is 18.7 Å². The summed E-state index contributed by atoms with van der Waals surface area (Å²) in [7, 11) is 0. The van der Waals surface area contributed by atoms with Gasteiger partial charge in [-0.3, -0.25) is 9.48 Å². The van der Waals surface area contributed by atoms with Crippen LogP contribution in [0.15, 0.2) is 12.4 Å². The summed E-state index contributed by atoms with van der Waals surface area (Å²) in [6.45, 7) is 5.49. The lowest BCUT2D eigenvalue weighted by molar-refractivity contribution is -0.147. The third kappa shape index (κ3) is 4.19. The molecule has 1 aromatic rings. The minimum absolute atomic E-state index is 0.224. The monoisotopic (exact) mass is 239 g/mol. The molecule has 96 valence electrons. The van der Waals surface area contributed by atoms with Crippen molar-refractivity contribution in [2.45, 2.75) is 33.2 Å². The van der Waals surface area contributed by atoms with E-state index in [1.807, 2.05) is 10.9 Å². The molecule has 2 N–H and O–H groups in total. The largest absolute Gasteiger partial charge is 0.466 e. The molecule has 5 nitrogen and oxygen atoms in total. The first kappa shape index (κ1) is 13.7. The summed E-state index contributed by atoms with van der Waals surface area (Å²) in [5.74, 6) is -0.493. The lowest BCUT2D eigenvalue weighted by Gasteiger charge is -2.11. The van der Waals surface area contributed by atoms with Crippen molar-refractivity contribution < 1.29 is 9.53 Å². The molecule has 1 unspecified atom stereocenters. The summed E-state index contributed by atoms with van der Waals surface area (Å²) in [5.41, 5.74) is 6.62. The number of hydrogen-bond donors (Lipinski definition) is 1. The summed E-state index contributed by atoms with van der Waals surface area (Å²) in [6.07, 6.45) is 5.39. The number of esters is 1. The van der Waals surface area contributed by atoms with E-state index < -0.39 is 0 Å². The molecule has 1 heterocycles. The van der Waals surface area contributed by atoms with Crippen molar-refractivity contribution in [2.75, 3.05) is 13.2 Å². The molecule has 1 aromatic heterocycles. The van der Waals surface area contributed by atoms with Gasteiger partial charge < -0.3 is 10.5 Å². The van der Waals surface area contributed by atoms with E-state index in [1.54, 1.807) is 13.1 Å². The third-order valence-electron chi connectivity index (χ3n) is 2.53. The van der Waals surface area contributed by atoms with E-state index in [4.69, 9.17) is 10.5 Å². The van der Waals surface area contributed by atoms with Crippen molar-refractivity contribution in [3.05, 3.63) is 18.0 Å². The third-order valence-corrected chi connectivity index (χ3v) is 2.53. The maximum absolute atomic E-state index is 11.6. The van der Waals surface area contributed by atoms with Crippen LogP contribution in [0.2, 0.25) is 0 Å². The van der Waals surface area contributed by atoms with Crippen molar-refractivity contribution in [3.63, 3.8) is 0 Å². The van der Waals surface area contributed by atoms with Crippen molar-refractivity contribution in [1.29, 1.82) is 0 Å². The maximum atomic E-state index is 11.6. The molecule has 0 aromatic carbocycles. The molecule has 17 heavy (non-hydrogen) atoms. The highest BCUT2D eigenvalue weighted by Crippen LogP contribution is 2.09. The van der Waals surface area contributed by atoms with Crippen LogP contribution in [-0.4, -0.2) is 28.9 Å². The highest BCUT2D eigenvalue weighted by molar-refractivity contribution is 5.73. The molecule has 0 aliphatic heterocycles. The second-order valence-electron chi connectivity index (χ2n) is 4.00. The molecule has 0 aliphatic rings. The fourth-order valence-corrected chi connectivity index (χ4v) is 1.67. The van der Waals surface area contributed by atoms with Gasteiger partial charge in [0, 0.05) is 19.3 Å². The first-order valence-corrected chi connectivity index (χ1v) is 6.09. The minimum atomic E-state index is -0.269. The van der Waals surface area contributed by atoms with E-state index in [9.17, 15) is 4.79 Å². The van der Waals surface area contributed by atoms with Crippen molar-refractivity contribution in [2.24, 2.45) is 11.7 Å². The van der Waals surface area contributed by atoms with E-state index >= 15 is 0 Å². The second kappa shape index (κ2) is 7.06. The number of carbonyl (C=O) groups excluding carboxylic acids is 1. The first-order valence-electron chi connectivity index (χ1n) is 6.09. The fourth-order valence-electron chi connectivity index (χ4n) is 1.67. The number of aryl methyl sites for hydroxylation is 1. The number of rotatable bonds is 7. The highest BCUT2D eigenvalue weighted by Gasteiger charge is 2.19. The lowest BCUT2D eigenvalue weighted by Crippen LogP contribution is -2.27. The average molecular weight is 239 g/mol. The van der Waals surface area contributed by atoms with Crippen molar-refractivity contribution in [3.8, 4) is 0 Å². The van der Waals surface area contributed by atoms with Gasteiger partial charge in [-0.25, -0.2) is 0 Å². The summed E-state index contributed by atoms with van der Waals surface area (Å²) in [4.78, 5) is 11.6. The first-order chi connectivity index (χ1) is 8.21. The number of ether oxygens (including phenoxy) is 1. The Morgan fingerprint density at radius 2 is 2.35 bits per heavy atom. The number of nitrogens with zero attached hydrogens (tertiary/aromatic N) is 2. The topological polar surface area (TPSA) is 70.1 Å². The number of carbonyl (C=O) groups is 1. The maximum Gasteiger partial charge on any atom is 0.310 e. The van der Waals surface area contributed by atoms with Crippen LogP contribution in [0, 0.1) is 5.92 Å². The fraction of sp³-hybridized carbons (Fsp3) is 0.667. The standard InChI is InChI=1S/C12H21N3O2/c1-3-5-15-9-10(8-14-15)6-11(7-13)12(16)17-4-2/h8-9,11H,3-7,13H2,1-2H3. The molecule has 0 bridgehead atoms. The summed E-state index contributed by atoms with van der Waals surface area (Å²) < 4.78 is 6.86.